The second-order valence-corrected chi connectivity index (χ2v) is 3.49. The first-order valence-corrected chi connectivity index (χ1v) is 4.63. The van der Waals surface area contributed by atoms with Crippen LogP contribution in [0.2, 0.25) is 0 Å². The SMILES string of the molecule is CNCc1coc(N(C)C2CC2)n1. The molecule has 2 rings (SSSR count). The van der Waals surface area contributed by atoms with Crippen molar-refractivity contribution in [3.8, 4) is 0 Å². The van der Waals surface area contributed by atoms with E-state index in [1.165, 1.54) is 12.8 Å². The van der Waals surface area contributed by atoms with E-state index in [1.807, 2.05) is 14.1 Å². The zero-order valence-electron chi connectivity index (χ0n) is 8.08. The highest BCUT2D eigenvalue weighted by atomic mass is 16.4. The maximum absolute atomic E-state index is 5.36. The lowest BCUT2D eigenvalue weighted by atomic mass is 10.5. The molecule has 4 nitrogen and oxygen atoms in total. The molecule has 1 heterocycles. The van der Waals surface area contributed by atoms with Crippen LogP contribution in [0.4, 0.5) is 6.01 Å². The summed E-state index contributed by atoms with van der Waals surface area (Å²) in [4.78, 5) is 6.47. The highest BCUT2D eigenvalue weighted by Gasteiger charge is 2.28. The molecular formula is C9H15N3O. The molecule has 1 N–H and O–H groups in total. The number of nitrogens with one attached hydrogen (secondary N) is 1. The lowest BCUT2D eigenvalue weighted by Gasteiger charge is -2.11. The Bertz CT molecular complexity index is 280. The van der Waals surface area contributed by atoms with Crippen molar-refractivity contribution in [1.82, 2.24) is 10.3 Å². The van der Waals surface area contributed by atoms with E-state index in [0.29, 0.717) is 6.04 Å². The van der Waals surface area contributed by atoms with Gasteiger partial charge in [0, 0.05) is 19.6 Å². The Balaban J connectivity index is 2.03. The summed E-state index contributed by atoms with van der Waals surface area (Å²) in [6, 6.07) is 1.40. The summed E-state index contributed by atoms with van der Waals surface area (Å²) in [5.74, 6) is 0. The summed E-state index contributed by atoms with van der Waals surface area (Å²) in [6.07, 6.45) is 4.24. The van der Waals surface area contributed by atoms with Gasteiger partial charge in [-0.25, -0.2) is 0 Å². The maximum atomic E-state index is 5.36. The minimum atomic E-state index is 0.654. The van der Waals surface area contributed by atoms with Crippen LogP contribution < -0.4 is 10.2 Å². The molecule has 0 radical (unpaired) electrons. The largest absolute Gasteiger partial charge is 0.432 e. The molecule has 1 fully saturated rings. The van der Waals surface area contributed by atoms with Crippen LogP contribution in [0, 0.1) is 0 Å². The Kier molecular flexibility index (Phi) is 2.22. The third-order valence-corrected chi connectivity index (χ3v) is 2.29. The molecule has 1 aliphatic carbocycles. The normalized spacial score (nSPS) is 16.2. The highest BCUT2D eigenvalue weighted by Crippen LogP contribution is 2.29. The molecule has 0 spiro atoms. The van der Waals surface area contributed by atoms with E-state index in [4.69, 9.17) is 4.42 Å². The Morgan fingerprint density at radius 1 is 1.69 bits per heavy atom. The van der Waals surface area contributed by atoms with Crippen molar-refractivity contribution in [3.05, 3.63) is 12.0 Å². The number of rotatable bonds is 4. The van der Waals surface area contributed by atoms with Crippen LogP contribution >= 0.6 is 0 Å². The van der Waals surface area contributed by atoms with E-state index in [-0.39, 0.29) is 0 Å². The number of aromatic nitrogens is 1. The molecule has 72 valence electrons. The zero-order valence-corrected chi connectivity index (χ0v) is 8.08. The number of nitrogens with zero attached hydrogens (tertiary/aromatic N) is 2. The molecule has 4 heteroatoms. The minimum absolute atomic E-state index is 0.654. The Morgan fingerprint density at radius 3 is 3.08 bits per heavy atom. The molecule has 0 unspecified atom stereocenters. The average Bonchev–Trinajstić information content (AvgIpc) is 2.87. The van der Waals surface area contributed by atoms with Crippen LogP contribution in [0.15, 0.2) is 10.7 Å². The molecule has 13 heavy (non-hydrogen) atoms. The molecule has 0 bridgehead atoms. The van der Waals surface area contributed by atoms with E-state index >= 15 is 0 Å². The van der Waals surface area contributed by atoms with E-state index in [2.05, 4.69) is 15.2 Å². The third kappa shape index (κ3) is 1.83. The third-order valence-electron chi connectivity index (χ3n) is 2.29. The van der Waals surface area contributed by atoms with Crippen LogP contribution in [0.3, 0.4) is 0 Å². The van der Waals surface area contributed by atoms with Crippen LogP contribution in [0.5, 0.6) is 0 Å². The van der Waals surface area contributed by atoms with Gasteiger partial charge in [-0.15, -0.1) is 0 Å². The molecule has 0 atom stereocenters. The molecule has 0 aromatic carbocycles. The van der Waals surface area contributed by atoms with Crippen LogP contribution in [0.25, 0.3) is 0 Å². The predicted octanol–water partition coefficient (Wildman–Crippen LogP) is 0.993. The first-order chi connectivity index (χ1) is 6.31. The fourth-order valence-corrected chi connectivity index (χ4v) is 1.34. The van der Waals surface area contributed by atoms with E-state index in [1.54, 1.807) is 6.26 Å². The maximum Gasteiger partial charge on any atom is 0.297 e. The van der Waals surface area contributed by atoms with Crippen LogP contribution in [0.1, 0.15) is 18.5 Å². The van der Waals surface area contributed by atoms with Gasteiger partial charge in [0.2, 0.25) is 0 Å². The standard InChI is InChI=1S/C9H15N3O/c1-10-5-7-6-13-9(11-7)12(2)8-3-4-8/h6,8,10H,3-5H2,1-2H3. The smallest absolute Gasteiger partial charge is 0.297 e. The summed E-state index contributed by atoms with van der Waals surface area (Å²) in [6.45, 7) is 0.766. The first-order valence-electron chi connectivity index (χ1n) is 4.63. The lowest BCUT2D eigenvalue weighted by molar-refractivity contribution is 0.542. The van der Waals surface area contributed by atoms with Crippen LogP contribution in [-0.4, -0.2) is 25.1 Å². The number of anilines is 1. The molecular weight excluding hydrogens is 166 g/mol. The Labute approximate surface area is 77.9 Å². The minimum Gasteiger partial charge on any atom is -0.432 e. The predicted molar refractivity (Wildman–Crippen MR) is 50.7 cm³/mol. The number of hydrogen-bond acceptors (Lipinski definition) is 4. The van der Waals surface area contributed by atoms with Gasteiger partial charge in [-0.2, -0.15) is 4.98 Å². The topological polar surface area (TPSA) is 41.3 Å². The van der Waals surface area contributed by atoms with Crippen molar-refractivity contribution >= 4 is 6.01 Å². The number of hydrogen-bond donors (Lipinski definition) is 1. The van der Waals surface area contributed by atoms with Gasteiger partial charge in [0.15, 0.2) is 0 Å². The molecule has 0 saturated heterocycles. The van der Waals surface area contributed by atoms with Crippen LogP contribution in [-0.2, 0) is 6.54 Å². The zero-order chi connectivity index (χ0) is 9.26. The summed E-state index contributed by atoms with van der Waals surface area (Å²) < 4.78 is 5.36. The van der Waals surface area contributed by atoms with Gasteiger partial charge in [-0.05, 0) is 19.9 Å². The molecule has 1 aliphatic rings. The van der Waals surface area contributed by atoms with E-state index in [0.717, 1.165) is 18.3 Å². The molecule has 1 aromatic rings. The quantitative estimate of drug-likeness (QED) is 0.752. The first kappa shape index (κ1) is 8.56. The van der Waals surface area contributed by atoms with Crippen molar-refractivity contribution in [2.75, 3.05) is 19.0 Å². The van der Waals surface area contributed by atoms with Crippen molar-refractivity contribution in [2.24, 2.45) is 0 Å². The molecule has 0 amide bonds. The van der Waals surface area contributed by atoms with Gasteiger partial charge in [0.05, 0.1) is 5.69 Å². The highest BCUT2D eigenvalue weighted by molar-refractivity contribution is 5.29. The second kappa shape index (κ2) is 3.38. The van der Waals surface area contributed by atoms with Gasteiger partial charge in [-0.3, -0.25) is 0 Å². The van der Waals surface area contributed by atoms with Gasteiger partial charge in [0.1, 0.15) is 6.26 Å². The van der Waals surface area contributed by atoms with Gasteiger partial charge in [-0.1, -0.05) is 0 Å². The van der Waals surface area contributed by atoms with Crippen molar-refractivity contribution in [3.63, 3.8) is 0 Å². The lowest BCUT2D eigenvalue weighted by Crippen LogP contribution is -2.19. The van der Waals surface area contributed by atoms with Gasteiger partial charge >= 0.3 is 0 Å². The Hall–Kier alpha value is -1.03. The average molecular weight is 181 g/mol. The summed E-state index contributed by atoms with van der Waals surface area (Å²) in [5.41, 5.74) is 0.963. The fraction of sp³-hybridized carbons (Fsp3) is 0.667. The monoisotopic (exact) mass is 181 g/mol. The Morgan fingerprint density at radius 2 is 2.46 bits per heavy atom. The summed E-state index contributed by atoms with van der Waals surface area (Å²) >= 11 is 0. The van der Waals surface area contributed by atoms with E-state index in [9.17, 15) is 0 Å². The van der Waals surface area contributed by atoms with Crippen molar-refractivity contribution in [2.45, 2.75) is 25.4 Å². The van der Waals surface area contributed by atoms with Crippen molar-refractivity contribution < 1.29 is 4.42 Å². The fourth-order valence-electron chi connectivity index (χ4n) is 1.34. The summed E-state index contributed by atoms with van der Waals surface area (Å²) in [5, 5.41) is 3.04. The summed E-state index contributed by atoms with van der Waals surface area (Å²) in [7, 11) is 3.94. The molecule has 1 saturated carbocycles. The number of oxazole rings is 1. The molecule has 0 aliphatic heterocycles. The van der Waals surface area contributed by atoms with Gasteiger partial charge < -0.3 is 14.6 Å². The van der Waals surface area contributed by atoms with Crippen molar-refractivity contribution in [1.29, 1.82) is 0 Å². The second-order valence-electron chi connectivity index (χ2n) is 3.49. The molecule has 1 aromatic heterocycles. The van der Waals surface area contributed by atoms with Gasteiger partial charge in [0.25, 0.3) is 6.01 Å². The van der Waals surface area contributed by atoms with E-state index < -0.39 is 0 Å².